The Balaban J connectivity index is 3.33. The summed E-state index contributed by atoms with van der Waals surface area (Å²) in [6.45, 7) is 1.76. The molecule has 0 amide bonds. The van der Waals surface area contributed by atoms with Gasteiger partial charge in [-0.15, -0.1) is 11.6 Å². The number of methoxy groups -OCH3 is 1. The zero-order chi connectivity index (χ0) is 11.4. The minimum atomic E-state index is -0.214. The smallest absolute Gasteiger partial charge is 0.181 e. The quantitative estimate of drug-likeness (QED) is 0.449. The number of carbonyl (C=O) groups excluding carboxylic acids is 2. The molecule has 0 aliphatic carbocycles. The van der Waals surface area contributed by atoms with E-state index in [1.807, 2.05) is 0 Å². The summed E-state index contributed by atoms with van der Waals surface area (Å²) >= 11 is 5.47. The maximum absolute atomic E-state index is 11.4. The van der Waals surface area contributed by atoms with E-state index in [9.17, 15) is 9.59 Å². The molecule has 15 heavy (non-hydrogen) atoms. The summed E-state index contributed by atoms with van der Waals surface area (Å²) in [5.41, 5.74) is 1.66. The van der Waals surface area contributed by atoms with Crippen molar-refractivity contribution in [2.45, 2.75) is 6.92 Å². The van der Waals surface area contributed by atoms with Crippen molar-refractivity contribution < 1.29 is 14.3 Å². The third-order valence-electron chi connectivity index (χ3n) is 2.14. The van der Waals surface area contributed by atoms with Crippen LogP contribution in [0.15, 0.2) is 12.1 Å². The number of aldehydes is 1. The van der Waals surface area contributed by atoms with Crippen LogP contribution >= 0.6 is 11.6 Å². The van der Waals surface area contributed by atoms with Crippen molar-refractivity contribution >= 4 is 23.7 Å². The monoisotopic (exact) mass is 226 g/mol. The summed E-state index contributed by atoms with van der Waals surface area (Å²) in [5, 5.41) is 0. The molecular weight excluding hydrogens is 216 g/mol. The fraction of sp³-hybridized carbons (Fsp3) is 0.273. The first kappa shape index (κ1) is 11.7. The summed E-state index contributed by atoms with van der Waals surface area (Å²) in [6, 6.07) is 3.16. The number of hydrogen-bond donors (Lipinski definition) is 0. The SMILES string of the molecule is COc1cc(C=O)c(C)cc1C(=O)CCl. The number of ketones is 1. The lowest BCUT2D eigenvalue weighted by Crippen LogP contribution is -2.05. The van der Waals surface area contributed by atoms with E-state index >= 15 is 0 Å². The molecule has 0 saturated carbocycles. The van der Waals surface area contributed by atoms with E-state index in [2.05, 4.69) is 0 Å². The molecule has 0 radical (unpaired) electrons. The molecule has 1 aromatic carbocycles. The summed E-state index contributed by atoms with van der Waals surface area (Å²) in [5.74, 6) is 0.0679. The van der Waals surface area contributed by atoms with Crippen molar-refractivity contribution in [3.63, 3.8) is 0 Å². The van der Waals surface area contributed by atoms with Crippen LogP contribution in [-0.4, -0.2) is 25.1 Å². The Kier molecular flexibility index (Phi) is 3.86. The second kappa shape index (κ2) is 4.94. The Bertz CT molecular complexity index is 399. The first-order chi connectivity index (χ1) is 7.13. The maximum atomic E-state index is 11.4. The number of alkyl halides is 1. The fourth-order valence-corrected chi connectivity index (χ4v) is 1.43. The van der Waals surface area contributed by atoms with Gasteiger partial charge in [-0.25, -0.2) is 0 Å². The number of benzene rings is 1. The number of carbonyl (C=O) groups is 2. The average molecular weight is 227 g/mol. The van der Waals surface area contributed by atoms with Crippen LogP contribution in [0.2, 0.25) is 0 Å². The third kappa shape index (κ3) is 2.36. The Morgan fingerprint density at radius 2 is 2.20 bits per heavy atom. The Labute approximate surface area is 93.0 Å². The molecule has 1 rings (SSSR count). The molecule has 0 N–H and O–H groups in total. The number of rotatable bonds is 4. The highest BCUT2D eigenvalue weighted by molar-refractivity contribution is 6.30. The molecule has 0 aromatic heterocycles. The second-order valence-corrected chi connectivity index (χ2v) is 3.35. The van der Waals surface area contributed by atoms with Crippen molar-refractivity contribution in [2.24, 2.45) is 0 Å². The second-order valence-electron chi connectivity index (χ2n) is 3.08. The first-order valence-electron chi connectivity index (χ1n) is 4.37. The van der Waals surface area contributed by atoms with E-state index in [1.165, 1.54) is 7.11 Å². The van der Waals surface area contributed by atoms with Gasteiger partial charge in [0, 0.05) is 5.56 Å². The predicted octanol–water partition coefficient (Wildman–Crippen LogP) is 2.24. The summed E-state index contributed by atoms with van der Waals surface area (Å²) < 4.78 is 5.03. The van der Waals surface area contributed by atoms with Crippen molar-refractivity contribution in [1.29, 1.82) is 0 Å². The van der Waals surface area contributed by atoms with Crippen LogP contribution in [0, 0.1) is 6.92 Å². The van der Waals surface area contributed by atoms with Crippen LogP contribution in [0.3, 0.4) is 0 Å². The summed E-state index contributed by atoms with van der Waals surface area (Å²) in [7, 11) is 1.45. The predicted molar refractivity (Wildman–Crippen MR) is 58.2 cm³/mol. The highest BCUT2D eigenvalue weighted by atomic mass is 35.5. The molecule has 0 aliphatic heterocycles. The van der Waals surface area contributed by atoms with Gasteiger partial charge in [0.2, 0.25) is 0 Å². The van der Waals surface area contributed by atoms with Gasteiger partial charge in [0.15, 0.2) is 5.78 Å². The molecule has 0 unspecified atom stereocenters. The van der Waals surface area contributed by atoms with Gasteiger partial charge in [-0.05, 0) is 24.6 Å². The van der Waals surface area contributed by atoms with Crippen molar-refractivity contribution in [1.82, 2.24) is 0 Å². The molecule has 0 fully saturated rings. The van der Waals surface area contributed by atoms with Crippen LogP contribution in [-0.2, 0) is 0 Å². The van der Waals surface area contributed by atoms with Crippen LogP contribution in [0.5, 0.6) is 5.75 Å². The average Bonchev–Trinajstić information content (AvgIpc) is 2.27. The lowest BCUT2D eigenvalue weighted by atomic mass is 10.0. The molecule has 0 bridgehead atoms. The molecule has 0 atom stereocenters. The van der Waals surface area contributed by atoms with Gasteiger partial charge in [-0.2, -0.15) is 0 Å². The summed E-state index contributed by atoms with van der Waals surface area (Å²) in [4.78, 5) is 22.1. The molecule has 0 saturated heterocycles. The van der Waals surface area contributed by atoms with Gasteiger partial charge in [0.05, 0.1) is 18.6 Å². The van der Waals surface area contributed by atoms with Crippen LogP contribution in [0.1, 0.15) is 26.3 Å². The Morgan fingerprint density at radius 1 is 1.53 bits per heavy atom. The fourth-order valence-electron chi connectivity index (χ4n) is 1.29. The lowest BCUT2D eigenvalue weighted by Gasteiger charge is -2.09. The zero-order valence-electron chi connectivity index (χ0n) is 8.54. The van der Waals surface area contributed by atoms with E-state index in [0.717, 1.165) is 11.8 Å². The number of ether oxygens (including phenoxy) is 1. The molecule has 0 spiro atoms. The molecule has 0 aliphatic rings. The number of halogens is 1. The van der Waals surface area contributed by atoms with Crippen molar-refractivity contribution in [3.05, 3.63) is 28.8 Å². The number of hydrogen-bond acceptors (Lipinski definition) is 3. The van der Waals surface area contributed by atoms with E-state index < -0.39 is 0 Å². The van der Waals surface area contributed by atoms with Crippen LogP contribution in [0.4, 0.5) is 0 Å². The van der Waals surface area contributed by atoms with Gasteiger partial charge >= 0.3 is 0 Å². The van der Waals surface area contributed by atoms with Gasteiger partial charge in [0.1, 0.15) is 12.0 Å². The molecule has 4 heteroatoms. The molecule has 80 valence electrons. The molecule has 1 aromatic rings. The normalized spacial score (nSPS) is 9.80. The lowest BCUT2D eigenvalue weighted by molar-refractivity contribution is 0.101. The standard InChI is InChI=1S/C11H11ClO3/c1-7-3-9(10(14)5-12)11(15-2)4-8(7)6-13/h3-4,6H,5H2,1-2H3. The maximum Gasteiger partial charge on any atom is 0.181 e. The number of Topliss-reactive ketones (excluding diaryl/α,β-unsaturated/α-hetero) is 1. The summed E-state index contributed by atoms with van der Waals surface area (Å²) in [6.07, 6.45) is 0.729. The van der Waals surface area contributed by atoms with Crippen molar-refractivity contribution in [2.75, 3.05) is 13.0 Å². The van der Waals surface area contributed by atoms with Crippen LogP contribution in [0.25, 0.3) is 0 Å². The van der Waals surface area contributed by atoms with Crippen LogP contribution < -0.4 is 4.74 Å². The van der Waals surface area contributed by atoms with E-state index in [-0.39, 0.29) is 11.7 Å². The number of aryl methyl sites for hydroxylation is 1. The highest BCUT2D eigenvalue weighted by Gasteiger charge is 2.13. The topological polar surface area (TPSA) is 43.4 Å². The first-order valence-corrected chi connectivity index (χ1v) is 4.90. The molecule has 0 heterocycles. The third-order valence-corrected chi connectivity index (χ3v) is 2.38. The molecular formula is C11H11ClO3. The van der Waals surface area contributed by atoms with Gasteiger partial charge in [-0.3, -0.25) is 9.59 Å². The Morgan fingerprint density at radius 3 is 2.67 bits per heavy atom. The van der Waals surface area contributed by atoms with E-state index in [1.54, 1.807) is 19.1 Å². The van der Waals surface area contributed by atoms with E-state index in [4.69, 9.17) is 16.3 Å². The minimum absolute atomic E-state index is 0.101. The van der Waals surface area contributed by atoms with Crippen molar-refractivity contribution in [3.8, 4) is 5.75 Å². The highest BCUT2D eigenvalue weighted by Crippen LogP contribution is 2.23. The van der Waals surface area contributed by atoms with Gasteiger partial charge in [0.25, 0.3) is 0 Å². The Hall–Kier alpha value is -1.35. The van der Waals surface area contributed by atoms with E-state index in [0.29, 0.717) is 16.9 Å². The minimum Gasteiger partial charge on any atom is -0.496 e. The van der Waals surface area contributed by atoms with Gasteiger partial charge in [-0.1, -0.05) is 0 Å². The largest absolute Gasteiger partial charge is 0.496 e. The van der Waals surface area contributed by atoms with Gasteiger partial charge < -0.3 is 4.74 Å². The zero-order valence-corrected chi connectivity index (χ0v) is 9.30. The molecule has 3 nitrogen and oxygen atoms in total.